The number of hydrogen-bond acceptors (Lipinski definition) is 6. The quantitative estimate of drug-likeness (QED) is 0.850. The van der Waals surface area contributed by atoms with Gasteiger partial charge >= 0.3 is 0 Å². The van der Waals surface area contributed by atoms with Gasteiger partial charge in [-0.3, -0.25) is 4.79 Å². The predicted octanol–water partition coefficient (Wildman–Crippen LogP) is 2.52. The fourth-order valence-corrected chi connectivity index (χ4v) is 4.32. The molecule has 2 saturated heterocycles. The average Bonchev–Trinajstić information content (AvgIpc) is 3.39. The van der Waals surface area contributed by atoms with Crippen LogP contribution in [0.25, 0.3) is 0 Å². The molecule has 1 N–H and O–H groups in total. The van der Waals surface area contributed by atoms with Crippen LogP contribution in [0.3, 0.4) is 0 Å². The van der Waals surface area contributed by atoms with E-state index in [0.29, 0.717) is 17.9 Å². The van der Waals surface area contributed by atoms with Gasteiger partial charge in [0.1, 0.15) is 11.5 Å². The molecule has 1 atom stereocenters. The topological polar surface area (TPSA) is 57.7 Å². The van der Waals surface area contributed by atoms with Crippen molar-refractivity contribution >= 4 is 28.1 Å². The summed E-state index contributed by atoms with van der Waals surface area (Å²) in [6.45, 7) is 4.26. The van der Waals surface area contributed by atoms with Crippen LogP contribution in [-0.4, -0.2) is 56.3 Å². The number of carbonyl (C=O) groups is 1. The molecule has 0 aliphatic carbocycles. The molecule has 0 radical (unpaired) electrons. The summed E-state index contributed by atoms with van der Waals surface area (Å²) in [6, 6.07) is 6.86. The van der Waals surface area contributed by atoms with Crippen LogP contribution in [0.1, 0.15) is 23.3 Å². The molecule has 2 aromatic rings. The Bertz CT molecular complexity index is 786. The number of ether oxygens (including phenoxy) is 1. The monoisotopic (exact) mass is 390 g/mol. The van der Waals surface area contributed by atoms with Gasteiger partial charge in [-0.15, -0.1) is 11.3 Å². The van der Waals surface area contributed by atoms with E-state index in [-0.39, 0.29) is 17.8 Å². The Labute approximate surface area is 161 Å². The van der Waals surface area contributed by atoms with Gasteiger partial charge in [0, 0.05) is 44.7 Å². The third kappa shape index (κ3) is 4.22. The third-order valence-corrected chi connectivity index (χ3v) is 5.88. The molecule has 1 aromatic heterocycles. The number of hydrogen-bond donors (Lipinski definition) is 1. The molecule has 27 heavy (non-hydrogen) atoms. The number of piperazine rings is 1. The van der Waals surface area contributed by atoms with Gasteiger partial charge in [0.25, 0.3) is 5.91 Å². The number of carbonyl (C=O) groups excluding carboxylic acids is 1. The summed E-state index contributed by atoms with van der Waals surface area (Å²) in [4.78, 5) is 21.0. The number of aromatic nitrogens is 1. The molecule has 2 aliphatic rings. The number of halogens is 1. The summed E-state index contributed by atoms with van der Waals surface area (Å²) < 4.78 is 19.5. The minimum absolute atomic E-state index is 0.124. The molecule has 2 fully saturated rings. The first kappa shape index (κ1) is 18.2. The highest BCUT2D eigenvalue weighted by atomic mass is 32.1. The van der Waals surface area contributed by atoms with E-state index in [9.17, 15) is 9.18 Å². The van der Waals surface area contributed by atoms with Gasteiger partial charge in [-0.25, -0.2) is 9.37 Å². The second kappa shape index (κ2) is 8.22. The zero-order chi connectivity index (χ0) is 18.6. The van der Waals surface area contributed by atoms with Crippen molar-refractivity contribution in [1.29, 1.82) is 0 Å². The summed E-state index contributed by atoms with van der Waals surface area (Å²) >= 11 is 1.47. The Hall–Kier alpha value is -2.19. The number of rotatable bonds is 5. The van der Waals surface area contributed by atoms with E-state index in [0.717, 1.165) is 50.8 Å². The van der Waals surface area contributed by atoms with E-state index >= 15 is 0 Å². The normalized spacial score (nSPS) is 20.1. The first-order valence-corrected chi connectivity index (χ1v) is 10.2. The van der Waals surface area contributed by atoms with Gasteiger partial charge in [0.15, 0.2) is 5.13 Å². The summed E-state index contributed by atoms with van der Waals surface area (Å²) in [5, 5.41) is 5.54. The smallest absolute Gasteiger partial charge is 0.270 e. The lowest BCUT2D eigenvalue weighted by molar-refractivity contribution is 0.0854. The number of nitrogens with zero attached hydrogens (tertiary/aromatic N) is 3. The second-order valence-electron chi connectivity index (χ2n) is 6.79. The minimum Gasteiger partial charge on any atom is -0.376 e. The average molecular weight is 390 g/mol. The Morgan fingerprint density at radius 1 is 1.26 bits per heavy atom. The Kier molecular flexibility index (Phi) is 5.54. The molecule has 4 rings (SSSR count). The van der Waals surface area contributed by atoms with Crippen LogP contribution in [0, 0.1) is 5.82 Å². The first-order valence-electron chi connectivity index (χ1n) is 9.30. The van der Waals surface area contributed by atoms with Crippen molar-refractivity contribution in [2.45, 2.75) is 18.9 Å². The van der Waals surface area contributed by atoms with Crippen LogP contribution >= 0.6 is 11.3 Å². The number of anilines is 2. The number of nitrogens with one attached hydrogen (secondary N) is 1. The maximum absolute atomic E-state index is 14.0. The summed E-state index contributed by atoms with van der Waals surface area (Å²) in [6.07, 6.45) is 2.17. The van der Waals surface area contributed by atoms with E-state index in [1.807, 2.05) is 12.1 Å². The standard InChI is InChI=1S/C19H23FN4O2S/c20-15-5-1-2-6-17(15)23-7-9-24(10-8-23)19-22-16(13-27-19)18(25)21-12-14-4-3-11-26-14/h1-2,5-6,13-14H,3-4,7-12H2,(H,21,25). The zero-order valence-corrected chi connectivity index (χ0v) is 15.9. The fourth-order valence-electron chi connectivity index (χ4n) is 3.46. The molecule has 0 bridgehead atoms. The highest BCUT2D eigenvalue weighted by molar-refractivity contribution is 7.13. The maximum atomic E-state index is 14.0. The molecule has 0 spiro atoms. The van der Waals surface area contributed by atoms with E-state index in [4.69, 9.17) is 4.74 Å². The van der Waals surface area contributed by atoms with E-state index in [1.165, 1.54) is 17.4 Å². The molecule has 3 heterocycles. The van der Waals surface area contributed by atoms with Crippen LogP contribution in [0.2, 0.25) is 0 Å². The number of thiazole rings is 1. The van der Waals surface area contributed by atoms with Gasteiger partial charge in [-0.2, -0.15) is 0 Å². The Morgan fingerprint density at radius 3 is 2.78 bits per heavy atom. The van der Waals surface area contributed by atoms with Crippen molar-refractivity contribution in [2.75, 3.05) is 49.1 Å². The van der Waals surface area contributed by atoms with Gasteiger partial charge in [-0.05, 0) is 25.0 Å². The van der Waals surface area contributed by atoms with E-state index in [1.54, 1.807) is 11.4 Å². The molecule has 0 saturated carbocycles. The second-order valence-corrected chi connectivity index (χ2v) is 7.62. The summed E-state index contributed by atoms with van der Waals surface area (Å²) in [5.74, 6) is -0.344. The van der Waals surface area contributed by atoms with Crippen LogP contribution in [0.5, 0.6) is 0 Å². The Balaban J connectivity index is 1.31. The molecular weight excluding hydrogens is 367 g/mol. The van der Waals surface area contributed by atoms with Crippen molar-refractivity contribution in [3.8, 4) is 0 Å². The highest BCUT2D eigenvalue weighted by Gasteiger charge is 2.23. The van der Waals surface area contributed by atoms with Crippen molar-refractivity contribution in [3.63, 3.8) is 0 Å². The van der Waals surface area contributed by atoms with Crippen LogP contribution < -0.4 is 15.1 Å². The van der Waals surface area contributed by atoms with Crippen LogP contribution in [0.15, 0.2) is 29.6 Å². The summed E-state index contributed by atoms with van der Waals surface area (Å²) in [7, 11) is 0. The lowest BCUT2D eigenvalue weighted by Crippen LogP contribution is -2.46. The zero-order valence-electron chi connectivity index (χ0n) is 15.1. The lowest BCUT2D eigenvalue weighted by atomic mass is 10.2. The Morgan fingerprint density at radius 2 is 2.04 bits per heavy atom. The third-order valence-electron chi connectivity index (χ3n) is 4.98. The predicted molar refractivity (Wildman–Crippen MR) is 104 cm³/mol. The molecule has 6 nitrogen and oxygen atoms in total. The summed E-state index contributed by atoms with van der Waals surface area (Å²) in [5.41, 5.74) is 1.09. The number of benzene rings is 1. The first-order chi connectivity index (χ1) is 13.2. The van der Waals surface area contributed by atoms with Crippen LogP contribution in [0.4, 0.5) is 15.2 Å². The molecule has 8 heteroatoms. The highest BCUT2D eigenvalue weighted by Crippen LogP contribution is 2.25. The van der Waals surface area contributed by atoms with Crippen molar-refractivity contribution in [3.05, 3.63) is 41.2 Å². The fraction of sp³-hybridized carbons (Fsp3) is 0.474. The minimum atomic E-state index is -0.189. The van der Waals surface area contributed by atoms with Gasteiger partial charge in [0.2, 0.25) is 0 Å². The van der Waals surface area contributed by atoms with Crippen molar-refractivity contribution in [1.82, 2.24) is 10.3 Å². The van der Waals surface area contributed by atoms with Gasteiger partial charge in [-0.1, -0.05) is 12.1 Å². The molecule has 144 valence electrons. The van der Waals surface area contributed by atoms with Gasteiger partial charge in [0.05, 0.1) is 11.8 Å². The van der Waals surface area contributed by atoms with E-state index in [2.05, 4.69) is 20.1 Å². The van der Waals surface area contributed by atoms with E-state index < -0.39 is 0 Å². The lowest BCUT2D eigenvalue weighted by Gasteiger charge is -2.36. The SMILES string of the molecule is O=C(NCC1CCCO1)c1csc(N2CCN(c3ccccc3F)CC2)n1. The van der Waals surface area contributed by atoms with Crippen LogP contribution in [-0.2, 0) is 4.74 Å². The number of para-hydroxylation sites is 1. The molecular formula is C19H23FN4O2S. The van der Waals surface area contributed by atoms with Gasteiger partial charge < -0.3 is 19.9 Å². The molecule has 2 aliphatic heterocycles. The number of amides is 1. The molecule has 1 aromatic carbocycles. The maximum Gasteiger partial charge on any atom is 0.270 e. The molecule has 1 amide bonds. The largest absolute Gasteiger partial charge is 0.376 e. The molecule has 1 unspecified atom stereocenters. The van der Waals surface area contributed by atoms with Crippen molar-refractivity contribution < 1.29 is 13.9 Å². The van der Waals surface area contributed by atoms with Crippen molar-refractivity contribution in [2.24, 2.45) is 0 Å².